The Morgan fingerprint density at radius 3 is 1.88 bits per heavy atom. The van der Waals surface area contributed by atoms with Crippen LogP contribution in [0, 0.1) is 0 Å². The van der Waals surface area contributed by atoms with Crippen molar-refractivity contribution in [3.63, 3.8) is 0 Å². The summed E-state index contributed by atoms with van der Waals surface area (Å²) in [6, 6.07) is 6.47. The Morgan fingerprint density at radius 1 is 0.788 bits per heavy atom. The summed E-state index contributed by atoms with van der Waals surface area (Å²) in [5.74, 6) is 2.68. The molecule has 4 aromatic rings. The predicted octanol–water partition coefficient (Wildman–Crippen LogP) is 0.333. The zero-order valence-electron chi connectivity index (χ0n) is 30.4. The van der Waals surface area contributed by atoms with E-state index in [0.29, 0.717) is 125 Å². The molecule has 1 aliphatic heterocycles. The van der Waals surface area contributed by atoms with Crippen LogP contribution in [-0.2, 0) is 42.6 Å². The van der Waals surface area contributed by atoms with Gasteiger partial charge in [0.05, 0.1) is 31.3 Å². The fraction of sp³-hybridized carbons (Fsp3) is 0.562. The van der Waals surface area contributed by atoms with Crippen molar-refractivity contribution in [2.75, 3.05) is 132 Å². The van der Waals surface area contributed by atoms with Gasteiger partial charge >= 0.3 is 0 Å². The second kappa shape index (κ2) is 18.3. The van der Waals surface area contributed by atoms with Gasteiger partial charge in [0.15, 0.2) is 11.6 Å². The predicted molar refractivity (Wildman–Crippen MR) is 198 cm³/mol. The summed E-state index contributed by atoms with van der Waals surface area (Å²) in [6.45, 7) is 6.64. The zero-order valence-corrected chi connectivity index (χ0v) is 31.3. The van der Waals surface area contributed by atoms with Crippen molar-refractivity contribution in [1.82, 2.24) is 34.7 Å². The van der Waals surface area contributed by atoms with Gasteiger partial charge in [-0.25, -0.2) is 28.5 Å². The minimum Gasteiger partial charge on any atom is -0.383 e. The number of aryl methyl sites for hydroxylation is 1. The van der Waals surface area contributed by atoms with E-state index in [1.165, 1.54) is 12.1 Å². The van der Waals surface area contributed by atoms with Crippen molar-refractivity contribution in [3.05, 3.63) is 36.2 Å². The lowest BCUT2D eigenvalue weighted by molar-refractivity contribution is 0.189. The number of ether oxygens (including phenoxy) is 4. The van der Waals surface area contributed by atoms with Gasteiger partial charge in [-0.2, -0.15) is 9.97 Å². The Bertz CT molecular complexity index is 1840. The summed E-state index contributed by atoms with van der Waals surface area (Å²) < 4.78 is 47.6. The summed E-state index contributed by atoms with van der Waals surface area (Å²) in [5.41, 5.74) is 1.74. The average molecular weight is 744 g/mol. The largest absolute Gasteiger partial charge is 0.383 e. The number of nitrogens with two attached hydrogens (primary N) is 1. The minimum atomic E-state index is -3.90. The third kappa shape index (κ3) is 9.89. The molecule has 0 spiro atoms. The van der Waals surface area contributed by atoms with Crippen LogP contribution < -0.4 is 30.1 Å². The number of methoxy groups -OCH3 is 4. The van der Waals surface area contributed by atoms with E-state index >= 15 is 0 Å². The molecule has 284 valence electrons. The molecule has 0 bridgehead atoms. The highest BCUT2D eigenvalue weighted by Crippen LogP contribution is 2.32. The molecule has 4 heterocycles. The van der Waals surface area contributed by atoms with Crippen LogP contribution >= 0.6 is 0 Å². The number of hydrogen-bond acceptors (Lipinski definition) is 17. The number of sulfonamides is 1. The Labute approximate surface area is 304 Å². The number of nitrogens with zero attached hydrogens (tertiary/aromatic N) is 11. The van der Waals surface area contributed by atoms with E-state index in [1.807, 2.05) is 22.9 Å². The third-order valence-electron chi connectivity index (χ3n) is 8.47. The monoisotopic (exact) mass is 743 g/mol. The van der Waals surface area contributed by atoms with Crippen LogP contribution in [0.3, 0.4) is 0 Å². The quantitative estimate of drug-likeness (QED) is 0.125. The Balaban J connectivity index is 1.64. The highest BCUT2D eigenvalue weighted by atomic mass is 32.2. The van der Waals surface area contributed by atoms with Crippen molar-refractivity contribution in [2.45, 2.75) is 11.4 Å². The normalized spacial score (nSPS) is 13.6. The molecule has 19 nitrogen and oxygen atoms in total. The molecular formula is C32H49N13O6S. The number of fused-ring (bicyclic) bond motifs is 1. The van der Waals surface area contributed by atoms with Gasteiger partial charge < -0.3 is 43.9 Å². The van der Waals surface area contributed by atoms with Gasteiger partial charge in [-0.3, -0.25) is 4.68 Å². The smallest absolute Gasteiger partial charge is 0.244 e. The molecular weight excluding hydrogens is 695 g/mol. The molecule has 0 amide bonds. The third-order valence-corrected chi connectivity index (χ3v) is 9.38. The van der Waals surface area contributed by atoms with E-state index in [0.717, 1.165) is 0 Å². The summed E-state index contributed by atoms with van der Waals surface area (Å²) in [6.07, 6.45) is 1.69. The lowest BCUT2D eigenvalue weighted by Gasteiger charge is -2.35. The SMILES string of the molecule is COCCN(CCOC)c1nc(N2CCN(c3ncn(C)n3)CC2)c2nc(N(CCOC)CCOC)nc(NCc3cccc(S(N)(=O)=O)c3)c2n1. The van der Waals surface area contributed by atoms with Gasteiger partial charge in [0.25, 0.3) is 0 Å². The number of benzene rings is 1. The molecule has 52 heavy (non-hydrogen) atoms. The van der Waals surface area contributed by atoms with Crippen LogP contribution in [0.5, 0.6) is 0 Å². The van der Waals surface area contributed by atoms with E-state index in [1.54, 1.807) is 45.5 Å². The number of nitrogens with one attached hydrogen (secondary N) is 1. The molecule has 0 saturated carbocycles. The molecule has 0 radical (unpaired) electrons. The first-order valence-corrected chi connectivity index (χ1v) is 18.5. The number of anilines is 5. The number of aromatic nitrogens is 7. The van der Waals surface area contributed by atoms with Crippen LogP contribution in [-0.4, -0.2) is 150 Å². The average Bonchev–Trinajstić information content (AvgIpc) is 3.59. The van der Waals surface area contributed by atoms with E-state index in [-0.39, 0.29) is 11.4 Å². The molecule has 3 aromatic heterocycles. The van der Waals surface area contributed by atoms with E-state index < -0.39 is 10.0 Å². The molecule has 5 rings (SSSR count). The van der Waals surface area contributed by atoms with Gasteiger partial charge in [0.2, 0.25) is 27.9 Å². The second-order valence-electron chi connectivity index (χ2n) is 12.1. The maximum absolute atomic E-state index is 12.1. The molecule has 0 atom stereocenters. The fourth-order valence-corrected chi connectivity index (χ4v) is 6.23. The highest BCUT2D eigenvalue weighted by molar-refractivity contribution is 7.89. The zero-order chi connectivity index (χ0) is 37.1. The van der Waals surface area contributed by atoms with Gasteiger partial charge in [-0.1, -0.05) is 12.1 Å². The molecule has 0 aliphatic carbocycles. The van der Waals surface area contributed by atoms with Crippen molar-refractivity contribution < 1.29 is 27.4 Å². The number of piperazine rings is 1. The molecule has 1 aliphatic rings. The first-order valence-electron chi connectivity index (χ1n) is 16.9. The summed E-state index contributed by atoms with van der Waals surface area (Å²) in [4.78, 5) is 33.2. The van der Waals surface area contributed by atoms with Gasteiger partial charge in [-0.05, 0) is 17.7 Å². The van der Waals surface area contributed by atoms with Crippen LogP contribution in [0.4, 0.5) is 29.5 Å². The molecule has 1 aromatic carbocycles. The maximum atomic E-state index is 12.1. The summed E-state index contributed by atoms with van der Waals surface area (Å²) in [5, 5.41) is 13.4. The molecule has 1 saturated heterocycles. The summed E-state index contributed by atoms with van der Waals surface area (Å²) in [7, 11) is 4.54. The fourth-order valence-electron chi connectivity index (χ4n) is 5.64. The topological polar surface area (TPSA) is 204 Å². The first-order chi connectivity index (χ1) is 25.1. The molecule has 1 fully saturated rings. The minimum absolute atomic E-state index is 0.0178. The van der Waals surface area contributed by atoms with Crippen molar-refractivity contribution >= 4 is 50.5 Å². The van der Waals surface area contributed by atoms with Crippen molar-refractivity contribution in [1.29, 1.82) is 0 Å². The standard InChI is InChI=1S/C32H49N13O6S/c1-41-23-35-30(40-41)43-11-9-42(10-12-43)29-27-26(36-32(39-29)45(15-19-50-4)16-20-51-5)28(34-22-24-7-6-8-25(21-24)52(33,46)47)38-31(37-27)44(13-17-48-2)14-18-49-3/h6-8,21,23H,9-20,22H2,1-5H3,(H2,33,46,47)(H,34,37,38). The lowest BCUT2D eigenvalue weighted by atomic mass is 10.2. The Morgan fingerprint density at radius 2 is 1.35 bits per heavy atom. The van der Waals surface area contributed by atoms with Crippen molar-refractivity contribution in [2.24, 2.45) is 12.2 Å². The van der Waals surface area contributed by atoms with Gasteiger partial charge in [-0.15, -0.1) is 5.10 Å². The lowest BCUT2D eigenvalue weighted by Crippen LogP contribution is -2.47. The van der Waals surface area contributed by atoms with Crippen LogP contribution in [0.15, 0.2) is 35.5 Å². The van der Waals surface area contributed by atoms with Crippen LogP contribution in [0.25, 0.3) is 11.0 Å². The van der Waals surface area contributed by atoms with E-state index in [4.69, 9.17) is 44.0 Å². The van der Waals surface area contributed by atoms with E-state index in [9.17, 15) is 8.42 Å². The maximum Gasteiger partial charge on any atom is 0.244 e. The highest BCUT2D eigenvalue weighted by Gasteiger charge is 2.27. The Kier molecular flexibility index (Phi) is 13.7. The summed E-state index contributed by atoms with van der Waals surface area (Å²) >= 11 is 0. The Hall–Kier alpha value is -4.47. The number of primary sulfonamides is 1. The van der Waals surface area contributed by atoms with Crippen LogP contribution in [0.2, 0.25) is 0 Å². The first kappa shape index (κ1) is 38.8. The van der Waals surface area contributed by atoms with Gasteiger partial charge in [0.1, 0.15) is 17.4 Å². The molecule has 20 heteroatoms. The van der Waals surface area contributed by atoms with E-state index in [2.05, 4.69) is 25.2 Å². The molecule has 0 unspecified atom stereocenters. The van der Waals surface area contributed by atoms with Gasteiger partial charge in [0, 0.05) is 94.4 Å². The second-order valence-corrected chi connectivity index (χ2v) is 13.7. The number of rotatable bonds is 20. The van der Waals surface area contributed by atoms with Crippen molar-refractivity contribution in [3.8, 4) is 0 Å². The molecule has 3 N–H and O–H groups in total. The van der Waals surface area contributed by atoms with Crippen LogP contribution in [0.1, 0.15) is 5.56 Å². The number of hydrogen-bond donors (Lipinski definition) is 2.